The molecule has 1 aliphatic carbocycles. The van der Waals surface area contributed by atoms with Crippen LogP contribution >= 0.6 is 0 Å². The molecule has 2 unspecified atom stereocenters. The fourth-order valence-corrected chi connectivity index (χ4v) is 3.03. The molecule has 0 aromatic carbocycles. The molecule has 2 atom stereocenters. The van der Waals surface area contributed by atoms with Crippen LogP contribution in [0.4, 0.5) is 0 Å². The average molecular weight is 256 g/mol. The van der Waals surface area contributed by atoms with E-state index < -0.39 is 5.54 Å². The summed E-state index contributed by atoms with van der Waals surface area (Å²) in [5, 5.41) is 0. The van der Waals surface area contributed by atoms with Gasteiger partial charge >= 0.3 is 5.97 Å². The Kier molecular flexibility index (Phi) is 6.09. The van der Waals surface area contributed by atoms with Gasteiger partial charge in [0.1, 0.15) is 5.54 Å². The van der Waals surface area contributed by atoms with Crippen molar-refractivity contribution in [3.63, 3.8) is 0 Å². The molecule has 0 saturated heterocycles. The molecule has 0 heterocycles. The standard InChI is InChI=1S/C14H28N2O2/c1-4-9-16(10-5-2)12-7-6-8-14(15,11-12)13(17)18-3/h12H,4-11,15H2,1-3H3. The molecular weight excluding hydrogens is 228 g/mol. The summed E-state index contributed by atoms with van der Waals surface area (Å²) in [6.07, 6.45) is 5.94. The lowest BCUT2D eigenvalue weighted by Gasteiger charge is -2.41. The van der Waals surface area contributed by atoms with E-state index in [-0.39, 0.29) is 5.97 Å². The Labute approximate surface area is 111 Å². The molecule has 4 nitrogen and oxygen atoms in total. The molecule has 0 bridgehead atoms. The monoisotopic (exact) mass is 256 g/mol. The van der Waals surface area contributed by atoms with Crippen LogP contribution < -0.4 is 5.73 Å². The number of nitrogens with two attached hydrogens (primary N) is 1. The van der Waals surface area contributed by atoms with E-state index in [4.69, 9.17) is 10.5 Å². The first kappa shape index (κ1) is 15.4. The quantitative estimate of drug-likeness (QED) is 0.738. The summed E-state index contributed by atoms with van der Waals surface area (Å²) in [5.41, 5.74) is 5.47. The maximum atomic E-state index is 11.8. The highest BCUT2D eigenvalue weighted by atomic mass is 16.5. The zero-order chi connectivity index (χ0) is 13.6. The largest absolute Gasteiger partial charge is 0.468 e. The van der Waals surface area contributed by atoms with Gasteiger partial charge in [-0.3, -0.25) is 4.79 Å². The number of hydrogen-bond acceptors (Lipinski definition) is 4. The van der Waals surface area contributed by atoms with Gasteiger partial charge in [-0.05, 0) is 51.6 Å². The fourth-order valence-electron chi connectivity index (χ4n) is 3.03. The van der Waals surface area contributed by atoms with Crippen LogP contribution in [-0.2, 0) is 9.53 Å². The predicted molar refractivity (Wildman–Crippen MR) is 73.3 cm³/mol. The molecule has 0 radical (unpaired) electrons. The number of carbonyl (C=O) groups is 1. The number of carbonyl (C=O) groups excluding carboxylic acids is 1. The third-order valence-electron chi connectivity index (χ3n) is 3.89. The van der Waals surface area contributed by atoms with Crippen LogP contribution in [0.25, 0.3) is 0 Å². The van der Waals surface area contributed by atoms with Crippen molar-refractivity contribution in [1.29, 1.82) is 0 Å². The molecule has 2 N–H and O–H groups in total. The molecule has 0 aromatic rings. The summed E-state index contributed by atoms with van der Waals surface area (Å²) in [4.78, 5) is 14.3. The Hall–Kier alpha value is -0.610. The first-order valence-electron chi connectivity index (χ1n) is 7.18. The van der Waals surface area contributed by atoms with E-state index in [0.717, 1.165) is 51.6 Å². The van der Waals surface area contributed by atoms with Crippen molar-refractivity contribution < 1.29 is 9.53 Å². The Bertz CT molecular complexity index is 265. The van der Waals surface area contributed by atoms with Crippen molar-refractivity contribution >= 4 is 5.97 Å². The van der Waals surface area contributed by atoms with Crippen molar-refractivity contribution in [2.24, 2.45) is 5.73 Å². The van der Waals surface area contributed by atoms with Crippen molar-refractivity contribution in [3.8, 4) is 0 Å². The van der Waals surface area contributed by atoms with E-state index in [0.29, 0.717) is 6.04 Å². The minimum atomic E-state index is -0.766. The minimum Gasteiger partial charge on any atom is -0.468 e. The van der Waals surface area contributed by atoms with E-state index in [9.17, 15) is 4.79 Å². The third-order valence-corrected chi connectivity index (χ3v) is 3.89. The second-order valence-corrected chi connectivity index (χ2v) is 5.43. The SMILES string of the molecule is CCCN(CCC)C1CCCC(N)(C(=O)OC)C1. The molecule has 0 aromatic heterocycles. The lowest BCUT2D eigenvalue weighted by atomic mass is 9.79. The number of hydrogen-bond donors (Lipinski definition) is 1. The van der Waals surface area contributed by atoms with Gasteiger partial charge in [-0.15, -0.1) is 0 Å². The summed E-state index contributed by atoms with van der Waals surface area (Å²) in [5.74, 6) is -0.250. The Balaban J connectivity index is 2.68. The van der Waals surface area contributed by atoms with Crippen LogP contribution in [0, 0.1) is 0 Å². The second-order valence-electron chi connectivity index (χ2n) is 5.43. The Morgan fingerprint density at radius 3 is 2.50 bits per heavy atom. The number of esters is 1. The van der Waals surface area contributed by atoms with Crippen LogP contribution in [0.5, 0.6) is 0 Å². The number of nitrogens with zero attached hydrogens (tertiary/aromatic N) is 1. The zero-order valence-corrected chi connectivity index (χ0v) is 12.1. The van der Waals surface area contributed by atoms with E-state index in [1.807, 2.05) is 0 Å². The smallest absolute Gasteiger partial charge is 0.325 e. The fraction of sp³-hybridized carbons (Fsp3) is 0.929. The Morgan fingerprint density at radius 2 is 2.00 bits per heavy atom. The van der Waals surface area contributed by atoms with E-state index in [1.54, 1.807) is 0 Å². The van der Waals surface area contributed by atoms with Crippen LogP contribution in [0.1, 0.15) is 52.4 Å². The van der Waals surface area contributed by atoms with Crippen molar-refractivity contribution in [1.82, 2.24) is 4.90 Å². The summed E-state index contributed by atoms with van der Waals surface area (Å²) in [6, 6.07) is 0.433. The molecule has 0 spiro atoms. The highest BCUT2D eigenvalue weighted by Gasteiger charge is 2.41. The number of rotatable bonds is 6. The van der Waals surface area contributed by atoms with E-state index >= 15 is 0 Å². The molecule has 1 aliphatic rings. The van der Waals surface area contributed by atoms with Crippen LogP contribution in [0.15, 0.2) is 0 Å². The summed E-state index contributed by atoms with van der Waals surface area (Å²) < 4.78 is 4.86. The molecule has 0 aliphatic heterocycles. The first-order chi connectivity index (χ1) is 8.57. The molecular formula is C14H28N2O2. The van der Waals surface area contributed by atoms with Crippen molar-refractivity contribution in [2.45, 2.75) is 64.0 Å². The third kappa shape index (κ3) is 3.69. The van der Waals surface area contributed by atoms with Gasteiger partial charge < -0.3 is 15.4 Å². The van der Waals surface area contributed by atoms with Crippen molar-refractivity contribution in [2.75, 3.05) is 20.2 Å². The second kappa shape index (κ2) is 7.10. The lowest BCUT2D eigenvalue weighted by molar-refractivity contribution is -0.149. The molecule has 0 amide bonds. The van der Waals surface area contributed by atoms with E-state index in [1.165, 1.54) is 7.11 Å². The van der Waals surface area contributed by atoms with Gasteiger partial charge in [-0.25, -0.2) is 0 Å². The maximum Gasteiger partial charge on any atom is 0.325 e. The molecule has 1 fully saturated rings. The normalized spacial score (nSPS) is 28.4. The molecule has 1 saturated carbocycles. The van der Waals surface area contributed by atoms with Crippen LogP contribution in [0.2, 0.25) is 0 Å². The topological polar surface area (TPSA) is 55.6 Å². The highest BCUT2D eigenvalue weighted by molar-refractivity contribution is 5.80. The van der Waals surface area contributed by atoms with Gasteiger partial charge in [0.25, 0.3) is 0 Å². The minimum absolute atomic E-state index is 0.250. The maximum absolute atomic E-state index is 11.8. The van der Waals surface area contributed by atoms with Crippen molar-refractivity contribution in [3.05, 3.63) is 0 Å². The highest BCUT2D eigenvalue weighted by Crippen LogP contribution is 2.30. The number of ether oxygens (including phenoxy) is 1. The van der Waals surface area contributed by atoms with Gasteiger partial charge in [-0.1, -0.05) is 13.8 Å². The first-order valence-corrected chi connectivity index (χ1v) is 7.18. The lowest BCUT2D eigenvalue weighted by Crippen LogP contribution is -2.56. The van der Waals surface area contributed by atoms with Crippen LogP contribution in [0.3, 0.4) is 0 Å². The van der Waals surface area contributed by atoms with Gasteiger partial charge in [0, 0.05) is 6.04 Å². The van der Waals surface area contributed by atoms with E-state index in [2.05, 4.69) is 18.7 Å². The predicted octanol–water partition coefficient (Wildman–Crippen LogP) is 1.92. The van der Waals surface area contributed by atoms with Gasteiger partial charge in [0.2, 0.25) is 0 Å². The van der Waals surface area contributed by atoms with Gasteiger partial charge in [0.05, 0.1) is 7.11 Å². The molecule has 18 heavy (non-hydrogen) atoms. The number of methoxy groups -OCH3 is 1. The van der Waals surface area contributed by atoms with Crippen LogP contribution in [-0.4, -0.2) is 42.6 Å². The molecule has 106 valence electrons. The zero-order valence-electron chi connectivity index (χ0n) is 12.1. The summed E-state index contributed by atoms with van der Waals surface area (Å²) in [6.45, 7) is 6.58. The average Bonchev–Trinajstić information content (AvgIpc) is 2.37. The molecule has 4 heteroatoms. The van der Waals surface area contributed by atoms with Gasteiger partial charge in [0.15, 0.2) is 0 Å². The van der Waals surface area contributed by atoms with Gasteiger partial charge in [-0.2, -0.15) is 0 Å². The summed E-state index contributed by atoms with van der Waals surface area (Å²) >= 11 is 0. The molecule has 1 rings (SSSR count). The summed E-state index contributed by atoms with van der Waals surface area (Å²) in [7, 11) is 1.43. The Morgan fingerprint density at radius 1 is 1.39 bits per heavy atom.